The summed E-state index contributed by atoms with van der Waals surface area (Å²) in [6, 6.07) is 21.9. The molecule has 1 fully saturated rings. The highest BCUT2D eigenvalue weighted by molar-refractivity contribution is 7.12. The molecule has 1 atom stereocenters. The van der Waals surface area contributed by atoms with Crippen molar-refractivity contribution in [2.75, 3.05) is 18.1 Å². The topological polar surface area (TPSA) is 66.9 Å². The van der Waals surface area contributed by atoms with Gasteiger partial charge in [-0.3, -0.25) is 9.59 Å². The van der Waals surface area contributed by atoms with Crippen LogP contribution in [0, 0.1) is 0 Å². The van der Waals surface area contributed by atoms with Crippen LogP contribution in [-0.4, -0.2) is 41.9 Å². The van der Waals surface area contributed by atoms with Crippen molar-refractivity contribution in [3.63, 3.8) is 0 Å². The fourth-order valence-electron chi connectivity index (χ4n) is 3.80. The molecule has 2 amide bonds. The zero-order valence-corrected chi connectivity index (χ0v) is 18.4. The number of para-hydroxylation sites is 1. The highest BCUT2D eigenvalue weighted by Gasteiger charge is 2.36. The van der Waals surface area contributed by atoms with Crippen LogP contribution in [0.4, 0.5) is 5.69 Å². The molecule has 0 saturated carbocycles. The predicted octanol–water partition coefficient (Wildman–Crippen LogP) is 4.13. The van der Waals surface area contributed by atoms with Gasteiger partial charge in [0.05, 0.1) is 11.4 Å². The Morgan fingerprint density at radius 1 is 0.969 bits per heavy atom. The van der Waals surface area contributed by atoms with Crippen molar-refractivity contribution >= 4 is 34.8 Å². The van der Waals surface area contributed by atoms with E-state index in [4.69, 9.17) is 4.74 Å². The lowest BCUT2D eigenvalue weighted by Gasteiger charge is -2.25. The van der Waals surface area contributed by atoms with Crippen LogP contribution in [0.1, 0.15) is 28.1 Å². The van der Waals surface area contributed by atoms with Crippen molar-refractivity contribution in [2.24, 2.45) is 0 Å². The van der Waals surface area contributed by atoms with E-state index >= 15 is 0 Å². The predicted molar refractivity (Wildman–Crippen MR) is 123 cm³/mol. The molecule has 6 nitrogen and oxygen atoms in total. The molecule has 0 radical (unpaired) electrons. The van der Waals surface area contributed by atoms with Gasteiger partial charge < -0.3 is 14.5 Å². The second-order valence-electron chi connectivity index (χ2n) is 7.54. The number of thiophene rings is 1. The van der Waals surface area contributed by atoms with Crippen LogP contribution in [0.25, 0.3) is 0 Å². The molecule has 0 aliphatic carbocycles. The smallest absolute Gasteiger partial charge is 0.329 e. The van der Waals surface area contributed by atoms with Gasteiger partial charge in [0.1, 0.15) is 6.04 Å². The van der Waals surface area contributed by atoms with E-state index in [1.54, 1.807) is 15.9 Å². The van der Waals surface area contributed by atoms with Crippen molar-refractivity contribution in [3.05, 3.63) is 88.6 Å². The lowest BCUT2D eigenvalue weighted by molar-refractivity contribution is -0.151. The minimum Gasteiger partial charge on any atom is -0.454 e. The first-order valence-electron chi connectivity index (χ1n) is 10.5. The summed E-state index contributed by atoms with van der Waals surface area (Å²) in [5, 5.41) is 1.83. The Bertz CT molecular complexity index is 1050. The third-order valence-electron chi connectivity index (χ3n) is 5.41. The maximum atomic E-state index is 13.0. The molecule has 2 heterocycles. The maximum absolute atomic E-state index is 13.0. The van der Waals surface area contributed by atoms with E-state index in [9.17, 15) is 14.4 Å². The normalized spacial score (nSPS) is 15.4. The van der Waals surface area contributed by atoms with Gasteiger partial charge in [0.25, 0.3) is 11.8 Å². The average Bonchev–Trinajstić information content (AvgIpc) is 3.54. The number of carbonyl (C=O) groups excluding carboxylic acids is 3. The molecule has 7 heteroatoms. The first kappa shape index (κ1) is 21.8. The van der Waals surface area contributed by atoms with Crippen LogP contribution in [0.15, 0.2) is 78.2 Å². The largest absolute Gasteiger partial charge is 0.454 e. The van der Waals surface area contributed by atoms with Crippen LogP contribution in [0.3, 0.4) is 0 Å². The number of carbonyl (C=O) groups is 3. The van der Waals surface area contributed by atoms with Crippen molar-refractivity contribution < 1.29 is 19.1 Å². The van der Waals surface area contributed by atoms with Gasteiger partial charge in [-0.25, -0.2) is 4.79 Å². The Kier molecular flexibility index (Phi) is 6.97. The van der Waals surface area contributed by atoms with Crippen LogP contribution in [0.2, 0.25) is 0 Å². The van der Waals surface area contributed by atoms with Gasteiger partial charge in [-0.2, -0.15) is 0 Å². The second kappa shape index (κ2) is 10.2. The molecule has 0 spiro atoms. The van der Waals surface area contributed by atoms with Gasteiger partial charge in [-0.15, -0.1) is 11.3 Å². The van der Waals surface area contributed by atoms with E-state index < -0.39 is 12.0 Å². The number of amides is 2. The number of nitrogens with zero attached hydrogens (tertiary/aromatic N) is 2. The lowest BCUT2D eigenvalue weighted by atomic mass is 10.2. The summed E-state index contributed by atoms with van der Waals surface area (Å²) in [6.45, 7) is 0.500. The van der Waals surface area contributed by atoms with E-state index in [0.717, 1.165) is 17.7 Å². The van der Waals surface area contributed by atoms with Crippen LogP contribution in [0.5, 0.6) is 0 Å². The molecule has 3 aromatic rings. The summed E-state index contributed by atoms with van der Waals surface area (Å²) in [5.74, 6) is -1.02. The van der Waals surface area contributed by atoms with E-state index in [0.29, 0.717) is 24.4 Å². The molecule has 4 rings (SSSR count). The van der Waals surface area contributed by atoms with Crippen molar-refractivity contribution in [1.82, 2.24) is 4.90 Å². The Morgan fingerprint density at radius 3 is 2.38 bits per heavy atom. The molecule has 1 saturated heterocycles. The van der Waals surface area contributed by atoms with E-state index in [2.05, 4.69) is 0 Å². The Hall–Kier alpha value is -3.45. The maximum Gasteiger partial charge on any atom is 0.329 e. The summed E-state index contributed by atoms with van der Waals surface area (Å²) < 4.78 is 5.41. The fourth-order valence-corrected chi connectivity index (χ4v) is 4.48. The summed E-state index contributed by atoms with van der Waals surface area (Å²) in [5.41, 5.74) is 1.70. The van der Waals surface area contributed by atoms with Gasteiger partial charge in [-0.1, -0.05) is 54.6 Å². The molecule has 164 valence electrons. The summed E-state index contributed by atoms with van der Waals surface area (Å²) >= 11 is 1.35. The van der Waals surface area contributed by atoms with Crippen molar-refractivity contribution in [1.29, 1.82) is 0 Å². The molecule has 0 unspecified atom stereocenters. The Balaban J connectivity index is 1.42. The molecule has 1 aliphatic heterocycles. The third kappa shape index (κ3) is 5.06. The van der Waals surface area contributed by atoms with Crippen molar-refractivity contribution in [3.8, 4) is 0 Å². The molecular weight excluding hydrogens is 424 g/mol. The molecular formula is C25H24N2O4S. The number of hydrogen-bond acceptors (Lipinski definition) is 5. The van der Waals surface area contributed by atoms with Gasteiger partial charge in [0.15, 0.2) is 6.61 Å². The zero-order chi connectivity index (χ0) is 22.3. The summed E-state index contributed by atoms with van der Waals surface area (Å²) in [7, 11) is 0. The number of benzene rings is 2. The highest BCUT2D eigenvalue weighted by Crippen LogP contribution is 2.23. The number of esters is 1. The molecule has 2 aromatic carbocycles. The van der Waals surface area contributed by atoms with Crippen molar-refractivity contribution in [2.45, 2.75) is 25.4 Å². The summed E-state index contributed by atoms with van der Waals surface area (Å²) in [6.07, 6.45) is 1.27. The van der Waals surface area contributed by atoms with E-state index in [1.165, 1.54) is 11.3 Å². The first-order chi connectivity index (χ1) is 15.6. The Labute approximate surface area is 191 Å². The SMILES string of the molecule is O=C(OCC(=O)N(Cc1ccccc1)c1ccccc1)[C@@H]1CCCN1C(=O)c1cccs1. The minimum atomic E-state index is -0.656. The molecule has 32 heavy (non-hydrogen) atoms. The zero-order valence-electron chi connectivity index (χ0n) is 17.6. The third-order valence-corrected chi connectivity index (χ3v) is 6.27. The number of anilines is 1. The molecule has 1 aliphatic rings. The fraction of sp³-hybridized carbons (Fsp3) is 0.240. The van der Waals surface area contributed by atoms with E-state index in [1.807, 2.05) is 72.1 Å². The van der Waals surface area contributed by atoms with Crippen LogP contribution < -0.4 is 4.90 Å². The second-order valence-corrected chi connectivity index (χ2v) is 8.49. The number of hydrogen-bond donors (Lipinski definition) is 0. The quantitative estimate of drug-likeness (QED) is 0.510. The summed E-state index contributed by atoms with van der Waals surface area (Å²) in [4.78, 5) is 42.3. The van der Waals surface area contributed by atoms with E-state index in [-0.39, 0.29) is 18.4 Å². The van der Waals surface area contributed by atoms with Gasteiger partial charge in [0, 0.05) is 12.2 Å². The number of ether oxygens (including phenoxy) is 1. The van der Waals surface area contributed by atoms with Crippen LogP contribution in [-0.2, 0) is 20.9 Å². The average molecular weight is 449 g/mol. The number of likely N-dealkylation sites (tertiary alicyclic amines) is 1. The van der Waals surface area contributed by atoms with Crippen LogP contribution >= 0.6 is 11.3 Å². The van der Waals surface area contributed by atoms with Gasteiger partial charge in [0.2, 0.25) is 0 Å². The molecule has 0 N–H and O–H groups in total. The molecule has 0 bridgehead atoms. The Morgan fingerprint density at radius 2 is 1.69 bits per heavy atom. The van der Waals surface area contributed by atoms with Gasteiger partial charge in [-0.05, 0) is 42.0 Å². The minimum absolute atomic E-state index is 0.166. The monoisotopic (exact) mass is 448 g/mol. The number of rotatable bonds is 7. The highest BCUT2D eigenvalue weighted by atomic mass is 32.1. The first-order valence-corrected chi connectivity index (χ1v) is 11.4. The molecule has 1 aromatic heterocycles. The van der Waals surface area contributed by atoms with Gasteiger partial charge >= 0.3 is 5.97 Å². The lowest BCUT2D eigenvalue weighted by Crippen LogP contribution is -2.42. The standard InChI is InChI=1S/C25H24N2O4S/c28-23(27(20-11-5-2-6-12-20)17-19-9-3-1-4-10-19)18-31-25(30)21-13-7-15-26(21)24(29)22-14-8-16-32-22/h1-6,8-12,14,16,21H,7,13,15,17-18H2/t21-/m0/s1.